The van der Waals surface area contributed by atoms with Crippen LogP contribution in [0.3, 0.4) is 0 Å². The summed E-state index contributed by atoms with van der Waals surface area (Å²) in [6.45, 7) is 1.88. The van der Waals surface area contributed by atoms with Gasteiger partial charge in [-0.1, -0.05) is 0 Å². The zero-order chi connectivity index (χ0) is 13.1. The number of carbonyl (C=O) groups excluding carboxylic acids is 1. The van der Waals surface area contributed by atoms with E-state index in [1.165, 1.54) is 0 Å². The molecule has 18 heavy (non-hydrogen) atoms. The van der Waals surface area contributed by atoms with Gasteiger partial charge in [-0.2, -0.15) is 0 Å². The molecule has 0 aliphatic rings. The van der Waals surface area contributed by atoms with Crippen molar-refractivity contribution >= 4 is 23.0 Å². The number of anilines is 3. The van der Waals surface area contributed by atoms with Crippen molar-refractivity contribution in [2.75, 3.05) is 11.1 Å². The number of aromatic nitrogens is 1. The van der Waals surface area contributed by atoms with Crippen molar-refractivity contribution in [3.05, 3.63) is 47.8 Å². The molecule has 5 nitrogen and oxygen atoms in total. The van der Waals surface area contributed by atoms with Crippen molar-refractivity contribution in [3.63, 3.8) is 0 Å². The van der Waals surface area contributed by atoms with E-state index in [9.17, 15) is 4.79 Å². The summed E-state index contributed by atoms with van der Waals surface area (Å²) >= 11 is 0. The average molecular weight is 242 g/mol. The molecular formula is C13H14N4O. The lowest BCUT2D eigenvalue weighted by Gasteiger charge is -2.12. The Bertz CT molecular complexity index is 595. The number of rotatable bonds is 3. The fourth-order valence-corrected chi connectivity index (χ4v) is 1.64. The molecule has 92 valence electrons. The summed E-state index contributed by atoms with van der Waals surface area (Å²) in [6, 6.07) is 8.68. The summed E-state index contributed by atoms with van der Waals surface area (Å²) < 4.78 is 0. The van der Waals surface area contributed by atoms with Gasteiger partial charge in [-0.05, 0) is 37.3 Å². The highest BCUT2D eigenvalue weighted by molar-refractivity contribution is 6.00. The number of nitrogens with zero attached hydrogens (tertiary/aromatic N) is 1. The van der Waals surface area contributed by atoms with Crippen LogP contribution in [0.15, 0.2) is 36.5 Å². The molecule has 1 heterocycles. The van der Waals surface area contributed by atoms with Gasteiger partial charge < -0.3 is 16.8 Å². The van der Waals surface area contributed by atoms with Crippen LogP contribution >= 0.6 is 0 Å². The second-order valence-corrected chi connectivity index (χ2v) is 3.93. The minimum absolute atomic E-state index is 0.359. The van der Waals surface area contributed by atoms with Crippen LogP contribution in [-0.4, -0.2) is 10.9 Å². The number of carbonyl (C=O) groups is 1. The topological polar surface area (TPSA) is 94.0 Å². The Labute approximate surface area is 105 Å². The van der Waals surface area contributed by atoms with Gasteiger partial charge in [-0.3, -0.25) is 9.78 Å². The molecule has 0 spiro atoms. The number of nitrogen functional groups attached to an aromatic ring is 1. The monoisotopic (exact) mass is 242 g/mol. The molecule has 0 fully saturated rings. The number of amides is 1. The fraction of sp³-hybridized carbons (Fsp3) is 0.0769. The molecule has 0 unspecified atom stereocenters. The maximum Gasteiger partial charge on any atom is 0.250 e. The summed E-state index contributed by atoms with van der Waals surface area (Å²) in [5.74, 6) is -0.522. The first-order valence-electron chi connectivity index (χ1n) is 5.46. The first-order valence-corrected chi connectivity index (χ1v) is 5.46. The number of pyridine rings is 1. The molecule has 5 heteroatoms. The molecule has 1 amide bonds. The SMILES string of the molecule is Cc1ncccc1Nc1ccc(N)cc1C(N)=O. The van der Waals surface area contributed by atoms with Crippen molar-refractivity contribution in [2.45, 2.75) is 6.92 Å². The molecule has 2 rings (SSSR count). The van der Waals surface area contributed by atoms with Crippen molar-refractivity contribution in [2.24, 2.45) is 5.73 Å². The third kappa shape index (κ3) is 2.40. The highest BCUT2D eigenvalue weighted by Gasteiger charge is 2.09. The summed E-state index contributed by atoms with van der Waals surface area (Å²) in [7, 11) is 0. The number of nitrogens with two attached hydrogens (primary N) is 2. The maximum absolute atomic E-state index is 11.4. The normalized spacial score (nSPS) is 10.1. The highest BCUT2D eigenvalue weighted by atomic mass is 16.1. The molecule has 0 aliphatic carbocycles. The van der Waals surface area contributed by atoms with Gasteiger partial charge in [0.15, 0.2) is 0 Å². The van der Waals surface area contributed by atoms with E-state index in [2.05, 4.69) is 10.3 Å². The lowest BCUT2D eigenvalue weighted by atomic mass is 10.1. The summed E-state index contributed by atoms with van der Waals surface area (Å²) in [5.41, 5.74) is 14.1. The number of primary amides is 1. The third-order valence-electron chi connectivity index (χ3n) is 2.59. The molecule has 0 atom stereocenters. The molecule has 2 aromatic rings. The van der Waals surface area contributed by atoms with Crippen LogP contribution in [0.2, 0.25) is 0 Å². The molecule has 1 aromatic carbocycles. The summed E-state index contributed by atoms with van der Waals surface area (Å²) in [6.07, 6.45) is 1.71. The highest BCUT2D eigenvalue weighted by Crippen LogP contribution is 2.24. The second-order valence-electron chi connectivity index (χ2n) is 3.93. The van der Waals surface area contributed by atoms with Gasteiger partial charge in [-0.25, -0.2) is 0 Å². The van der Waals surface area contributed by atoms with Gasteiger partial charge in [0, 0.05) is 11.9 Å². The largest absolute Gasteiger partial charge is 0.399 e. The van der Waals surface area contributed by atoms with E-state index in [0.29, 0.717) is 16.9 Å². The Morgan fingerprint density at radius 1 is 1.28 bits per heavy atom. The van der Waals surface area contributed by atoms with Gasteiger partial charge in [-0.15, -0.1) is 0 Å². The van der Waals surface area contributed by atoms with Crippen LogP contribution in [0.25, 0.3) is 0 Å². The zero-order valence-corrected chi connectivity index (χ0v) is 9.97. The van der Waals surface area contributed by atoms with Crippen molar-refractivity contribution in [1.82, 2.24) is 4.98 Å². The van der Waals surface area contributed by atoms with Crippen LogP contribution in [0.5, 0.6) is 0 Å². The van der Waals surface area contributed by atoms with E-state index < -0.39 is 5.91 Å². The smallest absolute Gasteiger partial charge is 0.250 e. The van der Waals surface area contributed by atoms with Gasteiger partial charge in [0.1, 0.15) is 0 Å². The van der Waals surface area contributed by atoms with Gasteiger partial charge in [0.2, 0.25) is 0 Å². The minimum atomic E-state index is -0.522. The standard InChI is InChI=1S/C13H14N4O/c1-8-11(3-2-6-16-8)17-12-5-4-9(14)7-10(12)13(15)18/h2-7,17H,14H2,1H3,(H2,15,18). The van der Waals surface area contributed by atoms with Crippen molar-refractivity contribution < 1.29 is 4.79 Å². The third-order valence-corrected chi connectivity index (χ3v) is 2.59. The Kier molecular flexibility index (Phi) is 3.14. The zero-order valence-electron chi connectivity index (χ0n) is 9.97. The number of nitrogens with one attached hydrogen (secondary N) is 1. The van der Waals surface area contributed by atoms with E-state index in [0.717, 1.165) is 11.4 Å². The first-order chi connectivity index (χ1) is 8.58. The molecule has 0 saturated carbocycles. The van der Waals surface area contributed by atoms with Crippen LogP contribution in [-0.2, 0) is 0 Å². The van der Waals surface area contributed by atoms with Gasteiger partial charge in [0.05, 0.1) is 22.6 Å². The van der Waals surface area contributed by atoms with E-state index in [1.54, 1.807) is 24.4 Å². The van der Waals surface area contributed by atoms with E-state index in [-0.39, 0.29) is 0 Å². The van der Waals surface area contributed by atoms with Gasteiger partial charge >= 0.3 is 0 Å². The predicted octanol–water partition coefficient (Wildman–Crippen LogP) is 1.81. The van der Waals surface area contributed by atoms with Crippen molar-refractivity contribution in [3.8, 4) is 0 Å². The predicted molar refractivity (Wildman–Crippen MR) is 71.6 cm³/mol. The Morgan fingerprint density at radius 3 is 2.72 bits per heavy atom. The number of hydrogen-bond donors (Lipinski definition) is 3. The molecule has 1 aromatic heterocycles. The molecule has 5 N–H and O–H groups in total. The number of benzene rings is 1. The molecule has 0 bridgehead atoms. The first kappa shape index (κ1) is 11.9. The Hall–Kier alpha value is -2.56. The van der Waals surface area contributed by atoms with Crippen LogP contribution in [0.4, 0.5) is 17.1 Å². The van der Waals surface area contributed by atoms with Crippen molar-refractivity contribution in [1.29, 1.82) is 0 Å². The summed E-state index contributed by atoms with van der Waals surface area (Å²) in [5, 5.41) is 3.13. The van der Waals surface area contributed by atoms with Gasteiger partial charge in [0.25, 0.3) is 5.91 Å². The van der Waals surface area contributed by atoms with Crippen LogP contribution in [0.1, 0.15) is 16.1 Å². The molecule has 0 aliphatic heterocycles. The minimum Gasteiger partial charge on any atom is -0.399 e. The van der Waals surface area contributed by atoms with Crippen LogP contribution in [0, 0.1) is 6.92 Å². The van der Waals surface area contributed by atoms with Crippen LogP contribution < -0.4 is 16.8 Å². The molecule has 0 saturated heterocycles. The quantitative estimate of drug-likeness (QED) is 0.715. The van der Waals surface area contributed by atoms with E-state index in [4.69, 9.17) is 11.5 Å². The fourth-order valence-electron chi connectivity index (χ4n) is 1.64. The maximum atomic E-state index is 11.4. The van der Waals surface area contributed by atoms with E-state index in [1.807, 2.05) is 19.1 Å². The average Bonchev–Trinajstić information content (AvgIpc) is 2.34. The van der Waals surface area contributed by atoms with E-state index >= 15 is 0 Å². The molecular weight excluding hydrogens is 228 g/mol. The lowest BCUT2D eigenvalue weighted by molar-refractivity contribution is 0.100. The Morgan fingerprint density at radius 2 is 2.06 bits per heavy atom. The molecule has 0 radical (unpaired) electrons. The second kappa shape index (κ2) is 4.75. The number of hydrogen-bond acceptors (Lipinski definition) is 4. The number of aryl methyl sites for hydroxylation is 1. The Balaban J connectivity index is 2.41. The lowest BCUT2D eigenvalue weighted by Crippen LogP contribution is -2.14. The summed E-state index contributed by atoms with van der Waals surface area (Å²) in [4.78, 5) is 15.5.